The quantitative estimate of drug-likeness (QED) is 0.643. The molecule has 2 amide bonds. The number of para-hydroxylation sites is 1. The van der Waals surface area contributed by atoms with Crippen LogP contribution in [0.15, 0.2) is 29.6 Å². The van der Waals surface area contributed by atoms with Crippen LogP contribution in [-0.2, 0) is 13.2 Å². The van der Waals surface area contributed by atoms with Gasteiger partial charge in [0, 0.05) is 18.0 Å². The molecule has 27 heavy (non-hydrogen) atoms. The SMILES string of the molecule is CCNC(=O)N(Cc1csc(COc2ccccc2C(C)C)n1)[C@@H](C)CC. The summed E-state index contributed by atoms with van der Waals surface area (Å²) in [5.41, 5.74) is 2.11. The summed E-state index contributed by atoms with van der Waals surface area (Å²) in [6.07, 6.45) is 0.906. The highest BCUT2D eigenvalue weighted by Crippen LogP contribution is 2.27. The van der Waals surface area contributed by atoms with Gasteiger partial charge in [-0.05, 0) is 37.8 Å². The predicted molar refractivity (Wildman–Crippen MR) is 111 cm³/mol. The molecule has 0 unspecified atom stereocenters. The van der Waals surface area contributed by atoms with Gasteiger partial charge in [-0.15, -0.1) is 11.3 Å². The number of nitrogens with one attached hydrogen (secondary N) is 1. The normalized spacial score (nSPS) is 12.1. The average molecular weight is 390 g/mol. The minimum Gasteiger partial charge on any atom is -0.486 e. The molecule has 148 valence electrons. The van der Waals surface area contributed by atoms with Crippen LogP contribution in [0.3, 0.4) is 0 Å². The summed E-state index contributed by atoms with van der Waals surface area (Å²) in [5.74, 6) is 1.32. The van der Waals surface area contributed by atoms with Crippen molar-refractivity contribution in [2.75, 3.05) is 6.54 Å². The molecule has 0 bridgehead atoms. The maximum atomic E-state index is 12.3. The van der Waals surface area contributed by atoms with Crippen LogP contribution in [0.25, 0.3) is 0 Å². The second-order valence-corrected chi connectivity index (χ2v) is 7.88. The lowest BCUT2D eigenvalue weighted by atomic mass is 10.0. The number of benzene rings is 1. The first-order valence-corrected chi connectivity index (χ1v) is 10.5. The third kappa shape index (κ3) is 5.96. The lowest BCUT2D eigenvalue weighted by Gasteiger charge is -2.27. The fourth-order valence-electron chi connectivity index (χ4n) is 2.79. The van der Waals surface area contributed by atoms with E-state index in [2.05, 4.69) is 44.1 Å². The summed E-state index contributed by atoms with van der Waals surface area (Å²) in [7, 11) is 0. The van der Waals surface area contributed by atoms with Gasteiger partial charge in [-0.25, -0.2) is 9.78 Å². The van der Waals surface area contributed by atoms with Crippen molar-refractivity contribution >= 4 is 17.4 Å². The Balaban J connectivity index is 2.02. The van der Waals surface area contributed by atoms with E-state index in [0.29, 0.717) is 25.6 Å². The van der Waals surface area contributed by atoms with E-state index >= 15 is 0 Å². The standard InChI is InChI=1S/C21H31N3O2S/c1-6-16(5)24(21(25)22-7-2)12-17-14-27-20(23-17)13-26-19-11-9-8-10-18(19)15(3)4/h8-11,14-16H,6-7,12-13H2,1-5H3,(H,22,25)/t16-/m0/s1. The van der Waals surface area contributed by atoms with Crippen LogP contribution in [0.1, 0.15) is 63.2 Å². The molecule has 0 saturated heterocycles. The van der Waals surface area contributed by atoms with Gasteiger partial charge in [0.25, 0.3) is 0 Å². The van der Waals surface area contributed by atoms with Crippen molar-refractivity contribution in [1.82, 2.24) is 15.2 Å². The highest BCUT2D eigenvalue weighted by Gasteiger charge is 2.20. The molecule has 2 rings (SSSR count). The van der Waals surface area contributed by atoms with Crippen molar-refractivity contribution in [3.63, 3.8) is 0 Å². The number of ether oxygens (including phenoxy) is 1. The molecule has 1 aromatic carbocycles. The lowest BCUT2D eigenvalue weighted by molar-refractivity contribution is 0.173. The van der Waals surface area contributed by atoms with Gasteiger partial charge in [0.15, 0.2) is 0 Å². The molecule has 2 aromatic rings. The zero-order valence-corrected chi connectivity index (χ0v) is 17.8. The van der Waals surface area contributed by atoms with E-state index in [0.717, 1.165) is 22.9 Å². The van der Waals surface area contributed by atoms with Crippen LogP contribution in [0.2, 0.25) is 0 Å². The number of nitrogens with zero attached hydrogens (tertiary/aromatic N) is 2. The van der Waals surface area contributed by atoms with Gasteiger partial charge in [-0.3, -0.25) is 0 Å². The van der Waals surface area contributed by atoms with E-state index in [1.807, 2.05) is 35.4 Å². The number of carbonyl (C=O) groups is 1. The number of urea groups is 1. The zero-order chi connectivity index (χ0) is 19.8. The Morgan fingerprint density at radius 2 is 2.00 bits per heavy atom. The zero-order valence-electron chi connectivity index (χ0n) is 17.0. The van der Waals surface area contributed by atoms with Crippen molar-refractivity contribution in [3.05, 3.63) is 45.9 Å². The molecule has 0 aliphatic rings. The molecular weight excluding hydrogens is 358 g/mol. The Morgan fingerprint density at radius 1 is 1.26 bits per heavy atom. The summed E-state index contributed by atoms with van der Waals surface area (Å²) >= 11 is 1.57. The Bertz CT molecular complexity index is 730. The predicted octanol–water partition coefficient (Wildman–Crippen LogP) is 5.18. The molecule has 0 fully saturated rings. The second kappa shape index (κ2) is 10.3. The summed E-state index contributed by atoms with van der Waals surface area (Å²) in [6.45, 7) is 12.0. The molecular formula is C21H31N3O2S. The van der Waals surface area contributed by atoms with Crippen LogP contribution in [0.4, 0.5) is 4.79 Å². The summed E-state index contributed by atoms with van der Waals surface area (Å²) in [4.78, 5) is 18.8. The maximum Gasteiger partial charge on any atom is 0.317 e. The van der Waals surface area contributed by atoms with Crippen LogP contribution in [0.5, 0.6) is 5.75 Å². The number of thiazole rings is 1. The number of amides is 2. The molecule has 6 heteroatoms. The molecule has 0 saturated carbocycles. The van der Waals surface area contributed by atoms with Crippen molar-refractivity contribution in [1.29, 1.82) is 0 Å². The van der Waals surface area contributed by atoms with Gasteiger partial charge in [0.2, 0.25) is 0 Å². The molecule has 5 nitrogen and oxygen atoms in total. The van der Waals surface area contributed by atoms with Gasteiger partial charge in [-0.1, -0.05) is 39.0 Å². The smallest absolute Gasteiger partial charge is 0.317 e. The molecule has 1 heterocycles. The Kier molecular flexibility index (Phi) is 8.10. The molecule has 0 aliphatic carbocycles. The monoisotopic (exact) mass is 389 g/mol. The first-order valence-electron chi connectivity index (χ1n) is 9.65. The summed E-state index contributed by atoms with van der Waals surface area (Å²) in [6, 6.07) is 8.26. The maximum absolute atomic E-state index is 12.3. The second-order valence-electron chi connectivity index (χ2n) is 6.93. The van der Waals surface area contributed by atoms with E-state index in [4.69, 9.17) is 4.74 Å². The fourth-order valence-corrected chi connectivity index (χ4v) is 3.49. The van der Waals surface area contributed by atoms with Crippen molar-refractivity contribution in [2.24, 2.45) is 0 Å². The van der Waals surface area contributed by atoms with Gasteiger partial charge in [-0.2, -0.15) is 0 Å². The first kappa shape index (κ1) is 21.2. The summed E-state index contributed by atoms with van der Waals surface area (Å²) in [5, 5.41) is 5.82. The third-order valence-corrected chi connectivity index (χ3v) is 5.41. The highest BCUT2D eigenvalue weighted by molar-refractivity contribution is 7.09. The number of hydrogen-bond donors (Lipinski definition) is 1. The van der Waals surface area contributed by atoms with Gasteiger partial charge in [0.1, 0.15) is 17.4 Å². The third-order valence-electron chi connectivity index (χ3n) is 4.54. The fraction of sp³-hybridized carbons (Fsp3) is 0.524. The van der Waals surface area contributed by atoms with Crippen molar-refractivity contribution in [2.45, 2.75) is 66.2 Å². The van der Waals surface area contributed by atoms with Crippen molar-refractivity contribution in [3.8, 4) is 5.75 Å². The molecule has 0 radical (unpaired) electrons. The lowest BCUT2D eigenvalue weighted by Crippen LogP contribution is -2.44. The largest absolute Gasteiger partial charge is 0.486 e. The minimum atomic E-state index is -0.0384. The Morgan fingerprint density at radius 3 is 2.67 bits per heavy atom. The topological polar surface area (TPSA) is 54.5 Å². The van der Waals surface area contributed by atoms with Crippen LogP contribution >= 0.6 is 11.3 Å². The molecule has 0 aliphatic heterocycles. The summed E-state index contributed by atoms with van der Waals surface area (Å²) < 4.78 is 6.01. The van der Waals surface area contributed by atoms with Crippen LogP contribution < -0.4 is 10.1 Å². The van der Waals surface area contributed by atoms with Gasteiger partial charge in [0.05, 0.1) is 12.2 Å². The van der Waals surface area contributed by atoms with Gasteiger partial charge >= 0.3 is 6.03 Å². The molecule has 1 aromatic heterocycles. The van der Waals surface area contributed by atoms with E-state index in [1.165, 1.54) is 5.56 Å². The number of carbonyl (C=O) groups excluding carboxylic acids is 1. The molecule has 1 atom stereocenters. The van der Waals surface area contributed by atoms with Crippen molar-refractivity contribution < 1.29 is 9.53 Å². The number of aromatic nitrogens is 1. The number of hydrogen-bond acceptors (Lipinski definition) is 4. The van der Waals surface area contributed by atoms with Gasteiger partial charge < -0.3 is 15.0 Å². The van der Waals surface area contributed by atoms with Crippen LogP contribution in [0, 0.1) is 0 Å². The number of rotatable bonds is 9. The average Bonchev–Trinajstić information content (AvgIpc) is 3.11. The highest BCUT2D eigenvalue weighted by atomic mass is 32.1. The van der Waals surface area contributed by atoms with Crippen LogP contribution in [-0.4, -0.2) is 28.5 Å². The Hall–Kier alpha value is -2.08. The molecule has 0 spiro atoms. The first-order chi connectivity index (χ1) is 13.0. The van der Waals surface area contributed by atoms with E-state index in [9.17, 15) is 4.79 Å². The van der Waals surface area contributed by atoms with E-state index in [-0.39, 0.29) is 12.1 Å². The van der Waals surface area contributed by atoms with E-state index in [1.54, 1.807) is 11.3 Å². The molecule has 1 N–H and O–H groups in total. The minimum absolute atomic E-state index is 0.0384. The Labute approximate surface area is 166 Å². The van der Waals surface area contributed by atoms with E-state index < -0.39 is 0 Å².